The van der Waals surface area contributed by atoms with E-state index in [1.807, 2.05) is 26.0 Å². The van der Waals surface area contributed by atoms with Crippen LogP contribution in [-0.4, -0.2) is 54.1 Å². The van der Waals surface area contributed by atoms with E-state index < -0.39 is 16.6 Å². The zero-order valence-corrected chi connectivity index (χ0v) is 22.3. The minimum absolute atomic E-state index is 0.0898. The predicted octanol–water partition coefficient (Wildman–Crippen LogP) is 4.18. The molecule has 0 aliphatic heterocycles. The molecule has 0 atom stereocenters. The summed E-state index contributed by atoms with van der Waals surface area (Å²) in [6.45, 7) is 3.58. The highest BCUT2D eigenvalue weighted by Gasteiger charge is 2.30. The fourth-order valence-corrected chi connectivity index (χ4v) is 5.13. The highest BCUT2D eigenvalue weighted by Crippen LogP contribution is 2.34. The first-order valence-corrected chi connectivity index (χ1v) is 12.7. The molecule has 3 rings (SSSR count). The minimum Gasteiger partial charge on any atom is -0.495 e. The summed E-state index contributed by atoms with van der Waals surface area (Å²) in [6, 6.07) is 17.1. The third kappa shape index (κ3) is 5.91. The van der Waals surface area contributed by atoms with Crippen LogP contribution in [0.15, 0.2) is 65.6 Å². The molecule has 0 saturated heterocycles. The average molecular weight is 513 g/mol. The van der Waals surface area contributed by atoms with Crippen LogP contribution in [0.4, 0.5) is 5.69 Å². The molecule has 0 bridgehead atoms. The number of carbonyl (C=O) groups is 1. The molecule has 1 amide bonds. The lowest BCUT2D eigenvalue weighted by molar-refractivity contribution is -0.128. The Bertz CT molecular complexity index is 1320. The van der Waals surface area contributed by atoms with Gasteiger partial charge in [-0.05, 0) is 61.4 Å². The standard InChI is InChI=1S/C27H32N2O6S/c1-19-7-11-22(12-8-19)36(31,32)29(23-15-20(2)9-13-24(23)33-4)18-27(30)28(3)17-21-10-14-25(34-5)26(16-21)35-6/h7-16H,17-18H2,1-6H3. The molecule has 0 aliphatic rings. The number of hydrogen-bond acceptors (Lipinski definition) is 6. The Morgan fingerprint density at radius 2 is 1.36 bits per heavy atom. The van der Waals surface area contributed by atoms with Gasteiger partial charge in [0.2, 0.25) is 5.91 Å². The van der Waals surface area contributed by atoms with Gasteiger partial charge in [-0.3, -0.25) is 9.10 Å². The number of likely N-dealkylation sites (N-methyl/N-ethyl adjacent to an activating group) is 1. The van der Waals surface area contributed by atoms with Crippen molar-refractivity contribution in [1.29, 1.82) is 0 Å². The minimum atomic E-state index is -4.07. The van der Waals surface area contributed by atoms with Crippen molar-refractivity contribution in [2.45, 2.75) is 25.3 Å². The van der Waals surface area contributed by atoms with Gasteiger partial charge in [0.25, 0.3) is 10.0 Å². The number of aryl methyl sites for hydroxylation is 2. The summed E-state index contributed by atoms with van der Waals surface area (Å²) >= 11 is 0. The zero-order valence-electron chi connectivity index (χ0n) is 21.4. The van der Waals surface area contributed by atoms with E-state index in [4.69, 9.17) is 14.2 Å². The Labute approximate surface area is 213 Å². The van der Waals surface area contributed by atoms with Crippen molar-refractivity contribution >= 4 is 21.6 Å². The second-order valence-corrected chi connectivity index (χ2v) is 10.3. The summed E-state index contributed by atoms with van der Waals surface area (Å²) in [5.74, 6) is 1.09. The summed E-state index contributed by atoms with van der Waals surface area (Å²) in [5.41, 5.74) is 2.87. The number of benzene rings is 3. The van der Waals surface area contributed by atoms with Crippen LogP contribution >= 0.6 is 0 Å². The fourth-order valence-electron chi connectivity index (χ4n) is 3.72. The number of amides is 1. The molecule has 192 valence electrons. The van der Waals surface area contributed by atoms with Gasteiger partial charge in [0, 0.05) is 13.6 Å². The smallest absolute Gasteiger partial charge is 0.264 e. The highest BCUT2D eigenvalue weighted by molar-refractivity contribution is 7.92. The van der Waals surface area contributed by atoms with Crippen LogP contribution in [0.25, 0.3) is 0 Å². The van der Waals surface area contributed by atoms with E-state index in [0.29, 0.717) is 22.9 Å². The Morgan fingerprint density at radius 3 is 1.97 bits per heavy atom. The van der Waals surface area contributed by atoms with Crippen LogP contribution in [0.2, 0.25) is 0 Å². The maximum atomic E-state index is 13.8. The molecule has 0 aliphatic carbocycles. The highest BCUT2D eigenvalue weighted by atomic mass is 32.2. The Morgan fingerprint density at radius 1 is 0.778 bits per heavy atom. The monoisotopic (exact) mass is 512 g/mol. The van der Waals surface area contributed by atoms with Gasteiger partial charge in [-0.25, -0.2) is 8.42 Å². The van der Waals surface area contributed by atoms with Gasteiger partial charge >= 0.3 is 0 Å². The predicted molar refractivity (Wildman–Crippen MR) is 139 cm³/mol. The fraction of sp³-hybridized carbons (Fsp3) is 0.296. The van der Waals surface area contributed by atoms with E-state index >= 15 is 0 Å². The van der Waals surface area contributed by atoms with Crippen molar-refractivity contribution in [2.75, 3.05) is 39.2 Å². The molecule has 0 fully saturated rings. The Kier molecular flexibility index (Phi) is 8.47. The van der Waals surface area contributed by atoms with E-state index in [1.54, 1.807) is 57.7 Å². The topological polar surface area (TPSA) is 85.4 Å². The molecule has 0 unspecified atom stereocenters. The van der Waals surface area contributed by atoms with Gasteiger partial charge in [-0.15, -0.1) is 0 Å². The number of sulfonamides is 1. The van der Waals surface area contributed by atoms with Gasteiger partial charge in [0.15, 0.2) is 11.5 Å². The summed E-state index contributed by atoms with van der Waals surface area (Å²) in [7, 11) is 2.12. The van der Waals surface area contributed by atoms with Crippen LogP contribution in [0.3, 0.4) is 0 Å². The number of rotatable bonds is 10. The number of ether oxygens (including phenoxy) is 3. The molecule has 0 spiro atoms. The molecule has 0 radical (unpaired) electrons. The Balaban J connectivity index is 1.96. The molecule has 0 aromatic heterocycles. The normalized spacial score (nSPS) is 11.1. The van der Waals surface area contributed by atoms with Crippen LogP contribution in [0.5, 0.6) is 17.2 Å². The molecule has 0 heterocycles. The lowest BCUT2D eigenvalue weighted by atomic mass is 10.2. The second-order valence-electron chi connectivity index (χ2n) is 8.44. The van der Waals surface area contributed by atoms with Crippen molar-refractivity contribution < 1.29 is 27.4 Å². The number of methoxy groups -OCH3 is 3. The molecule has 0 saturated carbocycles. The first kappa shape index (κ1) is 26.9. The van der Waals surface area contributed by atoms with E-state index in [2.05, 4.69) is 0 Å². The molecule has 8 nitrogen and oxygen atoms in total. The molecule has 0 N–H and O–H groups in total. The number of carbonyl (C=O) groups excluding carboxylic acids is 1. The van der Waals surface area contributed by atoms with Crippen molar-refractivity contribution in [3.63, 3.8) is 0 Å². The molecule has 3 aromatic carbocycles. The molecule has 9 heteroatoms. The first-order chi connectivity index (χ1) is 17.1. The lowest BCUT2D eigenvalue weighted by Crippen LogP contribution is -2.41. The van der Waals surface area contributed by atoms with Crippen molar-refractivity contribution in [3.05, 3.63) is 77.4 Å². The summed E-state index contributed by atoms with van der Waals surface area (Å²) in [6.07, 6.45) is 0. The lowest BCUT2D eigenvalue weighted by Gasteiger charge is -2.28. The molecule has 3 aromatic rings. The zero-order chi connectivity index (χ0) is 26.5. The van der Waals surface area contributed by atoms with Gasteiger partial charge < -0.3 is 19.1 Å². The number of anilines is 1. The van der Waals surface area contributed by atoms with Gasteiger partial charge in [0.05, 0.1) is 31.9 Å². The third-order valence-corrected chi connectivity index (χ3v) is 7.56. The van der Waals surface area contributed by atoms with Gasteiger partial charge in [0.1, 0.15) is 12.3 Å². The van der Waals surface area contributed by atoms with E-state index in [-0.39, 0.29) is 17.3 Å². The second kappa shape index (κ2) is 11.3. The maximum Gasteiger partial charge on any atom is 0.264 e. The largest absolute Gasteiger partial charge is 0.495 e. The van der Waals surface area contributed by atoms with Crippen LogP contribution < -0.4 is 18.5 Å². The average Bonchev–Trinajstić information content (AvgIpc) is 2.87. The summed E-state index contributed by atoms with van der Waals surface area (Å²) in [5, 5.41) is 0. The molecular formula is C27H32N2O6S. The number of hydrogen-bond donors (Lipinski definition) is 0. The summed E-state index contributed by atoms with van der Waals surface area (Å²) < 4.78 is 44.7. The molecule has 36 heavy (non-hydrogen) atoms. The Hall–Kier alpha value is -3.72. The van der Waals surface area contributed by atoms with E-state index in [1.165, 1.54) is 24.1 Å². The summed E-state index contributed by atoms with van der Waals surface area (Å²) in [4.78, 5) is 14.9. The van der Waals surface area contributed by atoms with E-state index in [0.717, 1.165) is 21.0 Å². The van der Waals surface area contributed by atoms with Crippen molar-refractivity contribution in [2.24, 2.45) is 0 Å². The van der Waals surface area contributed by atoms with Crippen molar-refractivity contribution in [3.8, 4) is 17.2 Å². The van der Waals surface area contributed by atoms with E-state index in [9.17, 15) is 13.2 Å². The maximum absolute atomic E-state index is 13.8. The van der Waals surface area contributed by atoms with Crippen LogP contribution in [0, 0.1) is 13.8 Å². The van der Waals surface area contributed by atoms with Gasteiger partial charge in [-0.2, -0.15) is 0 Å². The molecular weight excluding hydrogens is 480 g/mol. The first-order valence-electron chi connectivity index (χ1n) is 11.3. The van der Waals surface area contributed by atoms with Crippen LogP contribution in [0.1, 0.15) is 16.7 Å². The number of nitrogens with zero attached hydrogens (tertiary/aromatic N) is 2. The van der Waals surface area contributed by atoms with Crippen molar-refractivity contribution in [1.82, 2.24) is 4.90 Å². The third-order valence-electron chi connectivity index (χ3n) is 5.78. The quantitative estimate of drug-likeness (QED) is 0.405. The van der Waals surface area contributed by atoms with Crippen LogP contribution in [-0.2, 0) is 21.4 Å². The van der Waals surface area contributed by atoms with Gasteiger partial charge in [-0.1, -0.05) is 29.8 Å². The SMILES string of the molecule is COc1ccc(CN(C)C(=O)CN(c2cc(C)ccc2OC)S(=O)(=O)c2ccc(C)cc2)cc1OC.